The molecule has 0 N–H and O–H groups in total. The van der Waals surface area contributed by atoms with Crippen LogP contribution < -0.4 is 4.90 Å². The molecule has 57 heavy (non-hydrogen) atoms. The molecule has 0 unspecified atom stereocenters. The number of thiophene rings is 1. The standard InChI is InChI=1S/C54H40N2S/c1-3-35-13-9-10-18-45(35)46-27-25-42(31-36(46)4-2)55(41-23-21-37-14-5-7-16-39(37)32-41)44-26-28-49-48(34-44)53-50(29-30-52-54(53)47-19-11-12-20-51(47)57-52)56(49)43-24-22-38-15-6-8-17-40(38)33-43/h5-34H,3-4H2,1-2H3. The highest BCUT2D eigenvalue weighted by Gasteiger charge is 2.22. The third-order valence-corrected chi connectivity index (χ3v) is 13.0. The minimum atomic E-state index is 0.939. The van der Waals surface area contributed by atoms with Gasteiger partial charge in [-0.2, -0.15) is 0 Å². The van der Waals surface area contributed by atoms with E-state index < -0.39 is 0 Å². The molecule has 272 valence electrons. The van der Waals surface area contributed by atoms with E-state index in [9.17, 15) is 0 Å². The molecule has 2 aromatic heterocycles. The van der Waals surface area contributed by atoms with Crippen molar-refractivity contribution >= 4 is 91.9 Å². The molecular weight excluding hydrogens is 709 g/mol. The van der Waals surface area contributed by atoms with Crippen LogP contribution in [0.3, 0.4) is 0 Å². The highest BCUT2D eigenvalue weighted by Crippen LogP contribution is 2.46. The summed E-state index contributed by atoms with van der Waals surface area (Å²) in [6, 6.07) is 67.7. The van der Waals surface area contributed by atoms with E-state index in [2.05, 4.69) is 205 Å². The van der Waals surface area contributed by atoms with Gasteiger partial charge in [0.05, 0.1) is 11.0 Å². The molecule has 0 radical (unpaired) electrons. The average Bonchev–Trinajstić information content (AvgIpc) is 3.81. The number of benzene rings is 9. The molecule has 0 fully saturated rings. The number of hydrogen-bond acceptors (Lipinski definition) is 2. The fraction of sp³-hybridized carbons (Fsp3) is 0.0741. The zero-order chi connectivity index (χ0) is 38.0. The Labute approximate surface area is 336 Å². The molecule has 2 heterocycles. The zero-order valence-electron chi connectivity index (χ0n) is 32.0. The van der Waals surface area contributed by atoms with E-state index in [-0.39, 0.29) is 0 Å². The van der Waals surface area contributed by atoms with Gasteiger partial charge < -0.3 is 9.47 Å². The summed E-state index contributed by atoms with van der Waals surface area (Å²) in [6.07, 6.45) is 1.94. The number of aryl methyl sites for hydroxylation is 2. The third kappa shape index (κ3) is 5.45. The van der Waals surface area contributed by atoms with Crippen molar-refractivity contribution in [1.82, 2.24) is 4.57 Å². The van der Waals surface area contributed by atoms with Crippen LogP contribution in [0.25, 0.3) is 80.3 Å². The summed E-state index contributed by atoms with van der Waals surface area (Å²) in [5.41, 5.74) is 12.4. The van der Waals surface area contributed by atoms with E-state index in [0.717, 1.165) is 29.9 Å². The van der Waals surface area contributed by atoms with Crippen LogP contribution in [-0.4, -0.2) is 4.57 Å². The monoisotopic (exact) mass is 748 g/mol. The van der Waals surface area contributed by atoms with Crippen molar-refractivity contribution in [2.75, 3.05) is 4.90 Å². The van der Waals surface area contributed by atoms with Crippen molar-refractivity contribution in [3.05, 3.63) is 193 Å². The maximum Gasteiger partial charge on any atom is 0.0548 e. The first-order chi connectivity index (χ1) is 28.2. The van der Waals surface area contributed by atoms with Crippen molar-refractivity contribution in [3.63, 3.8) is 0 Å². The Morgan fingerprint density at radius 3 is 1.86 bits per heavy atom. The molecule has 0 aliphatic heterocycles. The van der Waals surface area contributed by atoms with Crippen molar-refractivity contribution < 1.29 is 0 Å². The molecule has 0 aliphatic rings. The first kappa shape index (κ1) is 33.6. The number of rotatable bonds is 7. The molecule has 3 heteroatoms. The van der Waals surface area contributed by atoms with Gasteiger partial charge in [-0.3, -0.25) is 0 Å². The van der Waals surface area contributed by atoms with Gasteiger partial charge in [-0.05, 0) is 129 Å². The highest BCUT2D eigenvalue weighted by molar-refractivity contribution is 7.26. The lowest BCUT2D eigenvalue weighted by atomic mass is 9.92. The van der Waals surface area contributed by atoms with Crippen LogP contribution in [0.2, 0.25) is 0 Å². The van der Waals surface area contributed by atoms with Gasteiger partial charge >= 0.3 is 0 Å². The quantitative estimate of drug-likeness (QED) is 0.158. The summed E-state index contributed by atoms with van der Waals surface area (Å²) in [5.74, 6) is 0. The van der Waals surface area contributed by atoms with Gasteiger partial charge in [0.15, 0.2) is 0 Å². The summed E-state index contributed by atoms with van der Waals surface area (Å²) in [7, 11) is 0. The second-order valence-electron chi connectivity index (χ2n) is 15.1. The number of aromatic nitrogens is 1. The predicted octanol–water partition coefficient (Wildman–Crippen LogP) is 15.7. The number of nitrogens with zero attached hydrogens (tertiary/aromatic N) is 2. The lowest BCUT2D eigenvalue weighted by Gasteiger charge is -2.27. The van der Waals surface area contributed by atoms with Crippen LogP contribution in [0.15, 0.2) is 182 Å². The van der Waals surface area contributed by atoms with Crippen molar-refractivity contribution in [3.8, 4) is 16.8 Å². The predicted molar refractivity (Wildman–Crippen MR) is 248 cm³/mol. The molecule has 0 bridgehead atoms. The fourth-order valence-corrected chi connectivity index (χ4v) is 10.3. The first-order valence-corrected chi connectivity index (χ1v) is 20.9. The minimum Gasteiger partial charge on any atom is -0.310 e. The third-order valence-electron chi connectivity index (χ3n) is 11.9. The highest BCUT2D eigenvalue weighted by atomic mass is 32.1. The summed E-state index contributed by atoms with van der Waals surface area (Å²) in [5, 5.41) is 10.1. The van der Waals surface area contributed by atoms with Crippen LogP contribution in [0.1, 0.15) is 25.0 Å². The van der Waals surface area contributed by atoms with Crippen molar-refractivity contribution in [1.29, 1.82) is 0 Å². The van der Waals surface area contributed by atoms with E-state index in [1.165, 1.54) is 91.5 Å². The maximum atomic E-state index is 2.47. The summed E-state index contributed by atoms with van der Waals surface area (Å²) in [4.78, 5) is 2.46. The van der Waals surface area contributed by atoms with Gasteiger partial charge in [0.1, 0.15) is 0 Å². The Morgan fingerprint density at radius 1 is 0.421 bits per heavy atom. The lowest BCUT2D eigenvalue weighted by Crippen LogP contribution is -2.10. The van der Waals surface area contributed by atoms with Crippen molar-refractivity contribution in [2.45, 2.75) is 26.7 Å². The molecule has 0 aliphatic carbocycles. The van der Waals surface area contributed by atoms with Crippen LogP contribution >= 0.6 is 11.3 Å². The summed E-state index contributed by atoms with van der Waals surface area (Å²) >= 11 is 1.88. The van der Waals surface area contributed by atoms with E-state index >= 15 is 0 Å². The SMILES string of the molecule is CCc1ccccc1-c1ccc(N(c2ccc3ccccc3c2)c2ccc3c(c2)c2c4c(ccc2n3-c2ccc3ccccc3c2)sc2ccccc24)cc1CC. The topological polar surface area (TPSA) is 8.17 Å². The molecule has 0 atom stereocenters. The molecule has 11 rings (SSSR count). The molecule has 0 amide bonds. The van der Waals surface area contributed by atoms with E-state index in [1.54, 1.807) is 0 Å². The molecule has 9 aromatic carbocycles. The zero-order valence-corrected chi connectivity index (χ0v) is 32.9. The molecule has 11 aromatic rings. The summed E-state index contributed by atoms with van der Waals surface area (Å²) in [6.45, 7) is 4.53. The summed E-state index contributed by atoms with van der Waals surface area (Å²) < 4.78 is 5.11. The van der Waals surface area contributed by atoms with Crippen molar-refractivity contribution in [2.24, 2.45) is 0 Å². The Kier molecular flexibility index (Phi) is 7.97. The lowest BCUT2D eigenvalue weighted by molar-refractivity contribution is 1.11. The second-order valence-corrected chi connectivity index (χ2v) is 16.2. The average molecular weight is 749 g/mol. The molecular formula is C54H40N2S. The molecule has 0 saturated heterocycles. The Hall–Kier alpha value is -6.68. The first-order valence-electron chi connectivity index (χ1n) is 20.0. The Bertz CT molecular complexity index is 3350. The van der Waals surface area contributed by atoms with Crippen LogP contribution in [-0.2, 0) is 12.8 Å². The second kappa shape index (κ2) is 13.5. The number of anilines is 3. The fourth-order valence-electron chi connectivity index (χ4n) is 9.18. The number of hydrogen-bond donors (Lipinski definition) is 0. The normalized spacial score (nSPS) is 11.8. The Morgan fingerprint density at radius 2 is 1.04 bits per heavy atom. The minimum absolute atomic E-state index is 0.939. The molecule has 0 spiro atoms. The van der Waals surface area contributed by atoms with Gasteiger partial charge in [-0.25, -0.2) is 0 Å². The van der Waals surface area contributed by atoms with Gasteiger partial charge in [-0.15, -0.1) is 11.3 Å². The van der Waals surface area contributed by atoms with Gasteiger partial charge in [0, 0.05) is 53.7 Å². The largest absolute Gasteiger partial charge is 0.310 e. The van der Waals surface area contributed by atoms with E-state index in [1.807, 2.05) is 11.3 Å². The number of fused-ring (bicyclic) bond motifs is 9. The van der Waals surface area contributed by atoms with Crippen LogP contribution in [0, 0.1) is 0 Å². The Balaban J connectivity index is 1.20. The van der Waals surface area contributed by atoms with Crippen LogP contribution in [0.4, 0.5) is 17.1 Å². The smallest absolute Gasteiger partial charge is 0.0548 e. The van der Waals surface area contributed by atoms with E-state index in [0.29, 0.717) is 0 Å². The van der Waals surface area contributed by atoms with Gasteiger partial charge in [0.2, 0.25) is 0 Å². The van der Waals surface area contributed by atoms with Crippen LogP contribution in [0.5, 0.6) is 0 Å². The van der Waals surface area contributed by atoms with Gasteiger partial charge in [-0.1, -0.05) is 123 Å². The van der Waals surface area contributed by atoms with E-state index in [4.69, 9.17) is 0 Å². The molecule has 0 saturated carbocycles. The maximum absolute atomic E-state index is 2.47. The van der Waals surface area contributed by atoms with Gasteiger partial charge in [0.25, 0.3) is 0 Å². The molecule has 2 nitrogen and oxygen atoms in total.